The third-order valence-corrected chi connectivity index (χ3v) is 2.41. The molecule has 0 bridgehead atoms. The van der Waals surface area contributed by atoms with Gasteiger partial charge in [0.15, 0.2) is 0 Å². The number of rotatable bonds is 1. The average Bonchev–Trinajstić information content (AvgIpc) is 2.58. The summed E-state index contributed by atoms with van der Waals surface area (Å²) in [6.45, 7) is 0. The van der Waals surface area contributed by atoms with Gasteiger partial charge in [0.05, 0.1) is 5.69 Å². The summed E-state index contributed by atoms with van der Waals surface area (Å²) < 4.78 is 5.00. The first-order valence-corrected chi connectivity index (χ1v) is 4.13. The van der Waals surface area contributed by atoms with Crippen LogP contribution in [0.1, 0.15) is 24.5 Å². The molecule has 2 rings (SSSR count). The van der Waals surface area contributed by atoms with E-state index in [1.165, 1.54) is 30.1 Å². The highest BCUT2D eigenvalue weighted by molar-refractivity contribution is 7.10. The molecule has 3 heteroatoms. The summed E-state index contributed by atoms with van der Waals surface area (Å²) in [7, 11) is 0. The molecule has 1 aromatic rings. The van der Waals surface area contributed by atoms with Gasteiger partial charge in [-0.2, -0.15) is 4.37 Å². The smallest absolute Gasteiger partial charge is 0.114 e. The fourth-order valence-electron chi connectivity index (χ4n) is 0.837. The van der Waals surface area contributed by atoms with Crippen molar-refractivity contribution in [2.75, 3.05) is 0 Å². The summed E-state index contributed by atoms with van der Waals surface area (Å²) in [5.41, 5.74) is 1.20. The molecule has 0 aliphatic heterocycles. The molecule has 0 unspecified atom stereocenters. The van der Waals surface area contributed by atoms with Gasteiger partial charge >= 0.3 is 0 Å². The summed E-state index contributed by atoms with van der Waals surface area (Å²) in [6, 6.07) is 1.98. The molecule has 0 radical (unpaired) electrons. The van der Waals surface area contributed by atoms with E-state index in [9.17, 15) is 0 Å². The van der Waals surface area contributed by atoms with Crippen LogP contribution >= 0.6 is 23.1 Å². The van der Waals surface area contributed by atoms with Crippen molar-refractivity contribution in [3.8, 4) is 0 Å². The summed E-state index contributed by atoms with van der Waals surface area (Å²) >= 11 is 7.08. The van der Waals surface area contributed by atoms with Crippen molar-refractivity contribution >= 4 is 23.1 Å². The van der Waals surface area contributed by atoms with Crippen LogP contribution in [-0.2, 0) is 0 Å². The maximum atomic E-state index is 5.69. The Balaban J connectivity index is 2.28. The maximum Gasteiger partial charge on any atom is 0.114 e. The number of hydrogen-bond donors (Lipinski definition) is 0. The molecule has 1 heterocycles. The lowest BCUT2D eigenvalue weighted by atomic mass is 10.3. The van der Waals surface area contributed by atoms with Crippen LogP contribution in [0.2, 0.25) is 4.34 Å². The lowest BCUT2D eigenvalue weighted by molar-refractivity contribution is 1.07. The fourth-order valence-corrected chi connectivity index (χ4v) is 1.62. The highest BCUT2D eigenvalue weighted by atomic mass is 35.5. The van der Waals surface area contributed by atoms with Crippen molar-refractivity contribution in [3.05, 3.63) is 16.1 Å². The van der Waals surface area contributed by atoms with Crippen molar-refractivity contribution in [2.24, 2.45) is 0 Å². The van der Waals surface area contributed by atoms with Gasteiger partial charge in [-0.05, 0) is 30.4 Å². The summed E-state index contributed by atoms with van der Waals surface area (Å²) in [5.74, 6) is 0.744. The second-order valence-electron chi connectivity index (χ2n) is 2.33. The van der Waals surface area contributed by atoms with E-state index in [4.69, 9.17) is 11.6 Å². The van der Waals surface area contributed by atoms with Gasteiger partial charge in [0.2, 0.25) is 0 Å². The van der Waals surface area contributed by atoms with Gasteiger partial charge in [0.25, 0.3) is 0 Å². The largest absolute Gasteiger partial charge is 0.196 e. The Morgan fingerprint density at radius 1 is 1.67 bits per heavy atom. The van der Waals surface area contributed by atoms with Crippen molar-refractivity contribution in [1.29, 1.82) is 0 Å². The van der Waals surface area contributed by atoms with E-state index < -0.39 is 0 Å². The third-order valence-electron chi connectivity index (χ3n) is 1.50. The highest BCUT2D eigenvalue weighted by Gasteiger charge is 2.25. The molecular weight excluding hydrogens is 154 g/mol. The zero-order valence-electron chi connectivity index (χ0n) is 4.80. The zero-order valence-corrected chi connectivity index (χ0v) is 6.37. The maximum absolute atomic E-state index is 5.69. The van der Waals surface area contributed by atoms with Crippen LogP contribution < -0.4 is 0 Å². The SMILES string of the molecule is Clc1cc(C2CC2)ns1. The normalized spacial score (nSPS) is 18.3. The minimum Gasteiger partial charge on any atom is -0.196 e. The molecule has 1 nitrogen and oxygen atoms in total. The number of aromatic nitrogens is 1. The second kappa shape index (κ2) is 1.96. The molecule has 9 heavy (non-hydrogen) atoms. The Bertz CT molecular complexity index is 217. The standard InChI is InChI=1S/C6H6ClNS/c7-6-3-5(8-9-6)4-1-2-4/h3-4H,1-2H2. The van der Waals surface area contributed by atoms with Crippen molar-refractivity contribution in [3.63, 3.8) is 0 Å². The Morgan fingerprint density at radius 3 is 2.89 bits per heavy atom. The van der Waals surface area contributed by atoms with Gasteiger partial charge in [-0.15, -0.1) is 0 Å². The minimum atomic E-state index is 0.744. The van der Waals surface area contributed by atoms with Crippen molar-refractivity contribution < 1.29 is 0 Å². The van der Waals surface area contributed by atoms with Crippen LogP contribution in [0.4, 0.5) is 0 Å². The van der Waals surface area contributed by atoms with Gasteiger partial charge in [-0.3, -0.25) is 0 Å². The lowest BCUT2D eigenvalue weighted by Gasteiger charge is -1.80. The van der Waals surface area contributed by atoms with Crippen LogP contribution in [0.25, 0.3) is 0 Å². The van der Waals surface area contributed by atoms with Crippen LogP contribution in [0.5, 0.6) is 0 Å². The molecule has 1 fully saturated rings. The fraction of sp³-hybridized carbons (Fsp3) is 0.500. The Kier molecular flexibility index (Phi) is 1.24. The van der Waals surface area contributed by atoms with E-state index in [1.807, 2.05) is 6.07 Å². The molecule has 0 amide bonds. The summed E-state index contributed by atoms with van der Waals surface area (Å²) in [5, 5.41) is 0. The first kappa shape index (κ1) is 5.69. The second-order valence-corrected chi connectivity index (χ2v) is 3.77. The first-order chi connectivity index (χ1) is 4.36. The van der Waals surface area contributed by atoms with Crippen LogP contribution in [0.3, 0.4) is 0 Å². The van der Waals surface area contributed by atoms with E-state index in [-0.39, 0.29) is 0 Å². The topological polar surface area (TPSA) is 12.9 Å². The van der Waals surface area contributed by atoms with Crippen LogP contribution in [0.15, 0.2) is 6.07 Å². The van der Waals surface area contributed by atoms with Crippen molar-refractivity contribution in [1.82, 2.24) is 4.37 Å². The molecule has 0 saturated heterocycles. The average molecular weight is 160 g/mol. The predicted octanol–water partition coefficient (Wildman–Crippen LogP) is 2.67. The van der Waals surface area contributed by atoms with E-state index in [2.05, 4.69) is 4.37 Å². The molecule has 0 aromatic carbocycles. The minimum absolute atomic E-state index is 0.744. The van der Waals surface area contributed by atoms with E-state index in [0.717, 1.165) is 10.3 Å². The van der Waals surface area contributed by atoms with Crippen LogP contribution in [0, 0.1) is 0 Å². The predicted molar refractivity (Wildman–Crippen MR) is 39.1 cm³/mol. The molecular formula is C6H6ClNS. The zero-order chi connectivity index (χ0) is 6.27. The number of hydrogen-bond acceptors (Lipinski definition) is 2. The van der Waals surface area contributed by atoms with Gasteiger partial charge in [-0.1, -0.05) is 11.6 Å². The summed E-state index contributed by atoms with van der Waals surface area (Å²) in [6.07, 6.45) is 2.61. The molecule has 1 aromatic heterocycles. The van der Waals surface area contributed by atoms with E-state index in [1.54, 1.807) is 0 Å². The number of nitrogens with zero attached hydrogens (tertiary/aromatic N) is 1. The Labute approximate surface area is 62.8 Å². The molecule has 0 N–H and O–H groups in total. The first-order valence-electron chi connectivity index (χ1n) is 2.98. The number of halogens is 1. The Morgan fingerprint density at radius 2 is 2.44 bits per heavy atom. The van der Waals surface area contributed by atoms with Gasteiger partial charge < -0.3 is 0 Å². The van der Waals surface area contributed by atoms with Crippen molar-refractivity contribution in [2.45, 2.75) is 18.8 Å². The molecule has 48 valence electrons. The molecule has 1 aliphatic rings. The Hall–Kier alpha value is -0.0800. The molecule has 1 saturated carbocycles. The lowest BCUT2D eigenvalue weighted by Crippen LogP contribution is -1.72. The highest BCUT2D eigenvalue weighted by Crippen LogP contribution is 2.40. The van der Waals surface area contributed by atoms with Gasteiger partial charge in [0.1, 0.15) is 4.34 Å². The van der Waals surface area contributed by atoms with Crippen LogP contribution in [-0.4, -0.2) is 4.37 Å². The summed E-state index contributed by atoms with van der Waals surface area (Å²) in [4.78, 5) is 0. The van der Waals surface area contributed by atoms with E-state index >= 15 is 0 Å². The third kappa shape index (κ3) is 1.10. The molecule has 1 aliphatic carbocycles. The quantitative estimate of drug-likeness (QED) is 0.614. The molecule has 0 atom stereocenters. The monoisotopic (exact) mass is 159 g/mol. The molecule has 0 spiro atoms. The van der Waals surface area contributed by atoms with Gasteiger partial charge in [-0.25, -0.2) is 0 Å². The van der Waals surface area contributed by atoms with Gasteiger partial charge in [0, 0.05) is 5.92 Å². The van der Waals surface area contributed by atoms with E-state index in [0.29, 0.717) is 0 Å².